The number of rotatable bonds is 6. The van der Waals surface area contributed by atoms with E-state index in [2.05, 4.69) is 15.8 Å². The summed E-state index contributed by atoms with van der Waals surface area (Å²) in [5.74, 6) is -0.373. The van der Waals surface area contributed by atoms with Crippen LogP contribution < -0.4 is 25.0 Å². The van der Waals surface area contributed by atoms with E-state index in [0.29, 0.717) is 28.5 Å². The zero-order chi connectivity index (χ0) is 19.8. The van der Waals surface area contributed by atoms with Crippen molar-refractivity contribution in [3.05, 3.63) is 47.5 Å². The first-order chi connectivity index (χ1) is 13.0. The lowest BCUT2D eigenvalue weighted by atomic mass is 10.2. The molecule has 0 bridgehead atoms. The Hall–Kier alpha value is -3.55. The molecule has 2 aromatic rings. The molecule has 142 valence electrons. The highest BCUT2D eigenvalue weighted by molar-refractivity contribution is 6.39. The molecule has 0 aromatic heterocycles. The Bertz CT molecular complexity index is 822. The van der Waals surface area contributed by atoms with Gasteiger partial charge >= 0.3 is 11.8 Å². The summed E-state index contributed by atoms with van der Waals surface area (Å²) in [6.07, 6.45) is 1.36. The number of hydrazone groups is 1. The average Bonchev–Trinajstić information content (AvgIpc) is 2.68. The number of nitrogens with one attached hydrogen (secondary N) is 2. The van der Waals surface area contributed by atoms with E-state index in [1.165, 1.54) is 27.5 Å². The minimum absolute atomic E-state index is 0.443. The van der Waals surface area contributed by atoms with Crippen LogP contribution in [0.4, 0.5) is 5.69 Å². The summed E-state index contributed by atoms with van der Waals surface area (Å²) in [5.41, 5.74) is 4.33. The zero-order valence-electron chi connectivity index (χ0n) is 15.5. The molecule has 8 heteroatoms. The first kappa shape index (κ1) is 19.8. The van der Waals surface area contributed by atoms with Crippen LogP contribution in [-0.2, 0) is 9.59 Å². The van der Waals surface area contributed by atoms with Gasteiger partial charge in [-0.1, -0.05) is 17.7 Å². The molecular weight excluding hydrogens is 350 g/mol. The third-order valence-corrected chi connectivity index (χ3v) is 3.58. The molecule has 0 aliphatic rings. The summed E-state index contributed by atoms with van der Waals surface area (Å²) in [5, 5.41) is 6.28. The molecule has 27 heavy (non-hydrogen) atoms. The van der Waals surface area contributed by atoms with Gasteiger partial charge in [-0.2, -0.15) is 5.10 Å². The molecule has 8 nitrogen and oxygen atoms in total. The quantitative estimate of drug-likeness (QED) is 0.460. The lowest BCUT2D eigenvalue weighted by Gasteiger charge is -2.12. The van der Waals surface area contributed by atoms with E-state index in [1.54, 1.807) is 24.3 Å². The summed E-state index contributed by atoms with van der Waals surface area (Å²) in [7, 11) is 4.49. The van der Waals surface area contributed by atoms with Gasteiger partial charge < -0.3 is 19.5 Å². The predicted molar refractivity (Wildman–Crippen MR) is 102 cm³/mol. The molecule has 0 heterocycles. The fourth-order valence-corrected chi connectivity index (χ4v) is 2.22. The fraction of sp³-hybridized carbons (Fsp3) is 0.211. The second kappa shape index (κ2) is 9.23. The zero-order valence-corrected chi connectivity index (χ0v) is 15.5. The van der Waals surface area contributed by atoms with E-state index in [4.69, 9.17) is 14.2 Å². The largest absolute Gasteiger partial charge is 0.493 e. The van der Waals surface area contributed by atoms with Crippen LogP contribution in [0.1, 0.15) is 11.1 Å². The highest BCUT2D eigenvalue weighted by Gasteiger charge is 2.14. The maximum absolute atomic E-state index is 11.9. The lowest BCUT2D eigenvalue weighted by molar-refractivity contribution is -0.136. The summed E-state index contributed by atoms with van der Waals surface area (Å²) in [6, 6.07) is 10.4. The Balaban J connectivity index is 2.02. The van der Waals surface area contributed by atoms with Gasteiger partial charge in [0.25, 0.3) is 0 Å². The standard InChI is InChI=1S/C19H21N3O5/c1-12-5-7-14(8-6-12)21-18(23)19(24)22-20-11-13-9-15(25-2)17(27-4)16(10-13)26-3/h5-11H,1-4H3,(H,21,23)(H,22,24)/b20-11-. The second-order valence-electron chi connectivity index (χ2n) is 5.48. The van der Waals surface area contributed by atoms with Gasteiger partial charge in [-0.05, 0) is 31.2 Å². The summed E-state index contributed by atoms with van der Waals surface area (Å²) in [4.78, 5) is 23.7. The fourth-order valence-electron chi connectivity index (χ4n) is 2.22. The molecule has 2 aromatic carbocycles. The van der Waals surface area contributed by atoms with Crippen molar-refractivity contribution in [3.8, 4) is 17.2 Å². The van der Waals surface area contributed by atoms with Crippen LogP contribution in [0.15, 0.2) is 41.5 Å². The number of carbonyl (C=O) groups excluding carboxylic acids is 2. The van der Waals surface area contributed by atoms with Crippen LogP contribution in [0.3, 0.4) is 0 Å². The van der Waals surface area contributed by atoms with Crippen LogP contribution in [-0.4, -0.2) is 39.4 Å². The van der Waals surface area contributed by atoms with Crippen molar-refractivity contribution in [2.24, 2.45) is 5.10 Å². The number of aryl methyl sites for hydroxylation is 1. The van der Waals surface area contributed by atoms with E-state index < -0.39 is 11.8 Å². The molecular formula is C19H21N3O5. The molecule has 2 N–H and O–H groups in total. The molecule has 0 radical (unpaired) electrons. The van der Waals surface area contributed by atoms with Crippen LogP contribution in [0.25, 0.3) is 0 Å². The first-order valence-corrected chi connectivity index (χ1v) is 7.99. The normalized spacial score (nSPS) is 10.4. The molecule has 2 rings (SSSR count). The highest BCUT2D eigenvalue weighted by atomic mass is 16.5. The molecule has 0 aliphatic heterocycles. The van der Waals surface area contributed by atoms with Gasteiger partial charge in [-0.15, -0.1) is 0 Å². The van der Waals surface area contributed by atoms with E-state index in [0.717, 1.165) is 5.56 Å². The number of nitrogens with zero attached hydrogens (tertiary/aromatic N) is 1. The number of amides is 2. The van der Waals surface area contributed by atoms with Crippen molar-refractivity contribution >= 4 is 23.7 Å². The summed E-state index contributed by atoms with van der Waals surface area (Å²) in [6.45, 7) is 1.93. The van der Waals surface area contributed by atoms with Crippen LogP contribution in [0, 0.1) is 6.92 Å². The SMILES string of the molecule is COc1cc(/C=N\NC(=O)C(=O)Nc2ccc(C)cc2)cc(OC)c1OC. The third-order valence-electron chi connectivity index (χ3n) is 3.58. The smallest absolute Gasteiger partial charge is 0.329 e. The van der Waals surface area contributed by atoms with Crippen molar-refractivity contribution in [1.29, 1.82) is 0 Å². The van der Waals surface area contributed by atoms with Gasteiger partial charge in [0.1, 0.15) is 0 Å². The molecule has 0 fully saturated rings. The van der Waals surface area contributed by atoms with E-state index >= 15 is 0 Å². The highest BCUT2D eigenvalue weighted by Crippen LogP contribution is 2.37. The number of benzene rings is 2. The minimum atomic E-state index is -0.890. The maximum Gasteiger partial charge on any atom is 0.329 e. The van der Waals surface area contributed by atoms with Crippen molar-refractivity contribution in [3.63, 3.8) is 0 Å². The minimum Gasteiger partial charge on any atom is -0.493 e. The molecule has 2 amide bonds. The molecule has 0 saturated heterocycles. The first-order valence-electron chi connectivity index (χ1n) is 7.99. The monoisotopic (exact) mass is 371 g/mol. The number of methoxy groups -OCH3 is 3. The molecule has 0 atom stereocenters. The Kier molecular flexibility index (Phi) is 6.76. The van der Waals surface area contributed by atoms with E-state index in [9.17, 15) is 9.59 Å². The van der Waals surface area contributed by atoms with Crippen LogP contribution in [0.2, 0.25) is 0 Å². The van der Waals surface area contributed by atoms with Gasteiger partial charge in [0.15, 0.2) is 11.5 Å². The van der Waals surface area contributed by atoms with Gasteiger partial charge in [-0.3, -0.25) is 9.59 Å². The van der Waals surface area contributed by atoms with Gasteiger partial charge in [0, 0.05) is 11.3 Å². The topological polar surface area (TPSA) is 98.2 Å². The van der Waals surface area contributed by atoms with Crippen LogP contribution in [0.5, 0.6) is 17.2 Å². The van der Waals surface area contributed by atoms with Crippen molar-refractivity contribution in [1.82, 2.24) is 5.43 Å². The number of hydrogen-bond donors (Lipinski definition) is 2. The Labute approximate surface area is 157 Å². The van der Waals surface area contributed by atoms with Crippen LogP contribution >= 0.6 is 0 Å². The molecule has 0 aliphatic carbocycles. The van der Waals surface area contributed by atoms with Crippen molar-refractivity contribution in [2.75, 3.05) is 26.6 Å². The average molecular weight is 371 g/mol. The number of ether oxygens (including phenoxy) is 3. The maximum atomic E-state index is 11.9. The van der Waals surface area contributed by atoms with Crippen molar-refractivity contribution < 1.29 is 23.8 Å². The summed E-state index contributed by atoms with van der Waals surface area (Å²) >= 11 is 0. The molecule has 0 spiro atoms. The number of carbonyl (C=O) groups is 2. The Morgan fingerprint density at radius 1 is 0.926 bits per heavy atom. The van der Waals surface area contributed by atoms with E-state index in [1.807, 2.05) is 19.1 Å². The van der Waals surface area contributed by atoms with Gasteiger partial charge in [0.05, 0.1) is 27.5 Å². The lowest BCUT2D eigenvalue weighted by Crippen LogP contribution is -2.32. The number of anilines is 1. The van der Waals surface area contributed by atoms with Crippen molar-refractivity contribution in [2.45, 2.75) is 6.92 Å². The molecule has 0 unspecified atom stereocenters. The molecule has 0 saturated carbocycles. The number of hydrogen-bond acceptors (Lipinski definition) is 6. The van der Waals surface area contributed by atoms with E-state index in [-0.39, 0.29) is 0 Å². The van der Waals surface area contributed by atoms with Gasteiger partial charge in [-0.25, -0.2) is 5.43 Å². The Morgan fingerprint density at radius 2 is 1.52 bits per heavy atom. The summed E-state index contributed by atoms with van der Waals surface area (Å²) < 4.78 is 15.7. The predicted octanol–water partition coefficient (Wildman–Crippen LogP) is 2.11. The Morgan fingerprint density at radius 3 is 2.04 bits per heavy atom. The van der Waals surface area contributed by atoms with Gasteiger partial charge in [0.2, 0.25) is 5.75 Å². The third kappa shape index (κ3) is 5.21. The second-order valence-corrected chi connectivity index (χ2v) is 5.48.